The number of halogens is 1. The molecule has 2 rings (SSSR count). The van der Waals surface area contributed by atoms with Crippen LogP contribution in [0.4, 0.5) is 4.39 Å². The molecule has 21 heavy (non-hydrogen) atoms. The lowest BCUT2D eigenvalue weighted by Crippen LogP contribution is -2.39. The minimum Gasteiger partial charge on any atom is -0.481 e. The maximum Gasteiger partial charge on any atom is 0.303 e. The highest BCUT2D eigenvalue weighted by molar-refractivity contribution is 5.66. The topological polar surface area (TPSA) is 64.3 Å². The Morgan fingerprint density at radius 2 is 2.29 bits per heavy atom. The zero-order valence-corrected chi connectivity index (χ0v) is 11.9. The van der Waals surface area contributed by atoms with Crippen LogP contribution in [0.15, 0.2) is 18.2 Å². The summed E-state index contributed by atoms with van der Waals surface area (Å²) in [6.45, 7) is 1.37. The van der Waals surface area contributed by atoms with Gasteiger partial charge in [0.05, 0.1) is 11.6 Å². The van der Waals surface area contributed by atoms with E-state index in [4.69, 9.17) is 10.4 Å². The van der Waals surface area contributed by atoms with E-state index in [0.29, 0.717) is 24.1 Å². The molecular weight excluding hydrogens is 271 g/mol. The van der Waals surface area contributed by atoms with Gasteiger partial charge in [0.15, 0.2) is 0 Å². The van der Waals surface area contributed by atoms with Crippen LogP contribution < -0.4 is 0 Å². The Bertz CT molecular complexity index is 554. The molecule has 0 aliphatic carbocycles. The maximum absolute atomic E-state index is 13.4. The number of carboxylic acid groups (broad SMARTS) is 1. The van der Waals surface area contributed by atoms with Gasteiger partial charge in [-0.2, -0.15) is 5.26 Å². The van der Waals surface area contributed by atoms with Crippen molar-refractivity contribution in [1.29, 1.82) is 5.26 Å². The molecule has 1 unspecified atom stereocenters. The van der Waals surface area contributed by atoms with Crippen LogP contribution in [0.5, 0.6) is 0 Å². The Morgan fingerprint density at radius 3 is 3.00 bits per heavy atom. The zero-order valence-electron chi connectivity index (χ0n) is 11.9. The lowest BCUT2D eigenvalue weighted by atomic mass is 9.96. The van der Waals surface area contributed by atoms with E-state index >= 15 is 0 Å². The quantitative estimate of drug-likeness (QED) is 0.905. The lowest BCUT2D eigenvalue weighted by molar-refractivity contribution is -0.137. The van der Waals surface area contributed by atoms with Gasteiger partial charge >= 0.3 is 5.97 Å². The van der Waals surface area contributed by atoms with Gasteiger partial charge < -0.3 is 5.11 Å². The van der Waals surface area contributed by atoms with Crippen LogP contribution in [-0.2, 0) is 11.3 Å². The van der Waals surface area contributed by atoms with Crippen molar-refractivity contribution in [3.8, 4) is 6.07 Å². The molecule has 1 aliphatic rings. The van der Waals surface area contributed by atoms with Gasteiger partial charge in [-0.25, -0.2) is 4.39 Å². The summed E-state index contributed by atoms with van der Waals surface area (Å²) in [7, 11) is 0. The van der Waals surface area contributed by atoms with Crippen LogP contribution in [-0.4, -0.2) is 28.6 Å². The summed E-state index contributed by atoms with van der Waals surface area (Å²) in [5.41, 5.74) is 1.17. The average molecular weight is 290 g/mol. The number of likely N-dealkylation sites (tertiary alicyclic amines) is 1. The lowest BCUT2D eigenvalue weighted by Gasteiger charge is -2.35. The van der Waals surface area contributed by atoms with Crippen molar-refractivity contribution in [3.05, 3.63) is 35.1 Å². The van der Waals surface area contributed by atoms with Gasteiger partial charge in [-0.3, -0.25) is 9.69 Å². The molecule has 0 saturated carbocycles. The highest BCUT2D eigenvalue weighted by atomic mass is 19.1. The smallest absolute Gasteiger partial charge is 0.303 e. The SMILES string of the molecule is N#Cc1ccc(F)cc1CN1CCCCC1CCC(=O)O. The van der Waals surface area contributed by atoms with Gasteiger partial charge in [-0.15, -0.1) is 0 Å². The molecule has 1 aliphatic heterocycles. The second-order valence-corrected chi connectivity index (χ2v) is 5.47. The molecule has 1 heterocycles. The van der Waals surface area contributed by atoms with Crippen LogP contribution in [0.3, 0.4) is 0 Å². The molecule has 1 aromatic carbocycles. The van der Waals surface area contributed by atoms with E-state index in [2.05, 4.69) is 11.0 Å². The third-order valence-corrected chi connectivity index (χ3v) is 4.00. The van der Waals surface area contributed by atoms with Crippen molar-refractivity contribution in [2.45, 2.75) is 44.7 Å². The van der Waals surface area contributed by atoms with E-state index in [1.54, 1.807) is 0 Å². The van der Waals surface area contributed by atoms with Gasteiger partial charge in [0.25, 0.3) is 0 Å². The molecule has 1 fully saturated rings. The van der Waals surface area contributed by atoms with E-state index in [9.17, 15) is 9.18 Å². The monoisotopic (exact) mass is 290 g/mol. The number of rotatable bonds is 5. The first kappa shape index (κ1) is 15.5. The van der Waals surface area contributed by atoms with Gasteiger partial charge in [0.1, 0.15) is 5.82 Å². The van der Waals surface area contributed by atoms with E-state index in [1.807, 2.05) is 0 Å². The molecule has 112 valence electrons. The highest BCUT2D eigenvalue weighted by Crippen LogP contribution is 2.24. The van der Waals surface area contributed by atoms with Gasteiger partial charge in [0, 0.05) is 19.0 Å². The first-order chi connectivity index (χ1) is 10.1. The molecule has 1 aromatic rings. The molecule has 1 atom stereocenters. The summed E-state index contributed by atoms with van der Waals surface area (Å²) in [5.74, 6) is -1.13. The summed E-state index contributed by atoms with van der Waals surface area (Å²) < 4.78 is 13.4. The fourth-order valence-electron chi connectivity index (χ4n) is 2.91. The van der Waals surface area contributed by atoms with Crippen molar-refractivity contribution < 1.29 is 14.3 Å². The molecule has 4 nitrogen and oxygen atoms in total. The van der Waals surface area contributed by atoms with Gasteiger partial charge in [-0.1, -0.05) is 6.42 Å². The van der Waals surface area contributed by atoms with E-state index in [0.717, 1.165) is 25.8 Å². The minimum absolute atomic E-state index is 0.148. The summed E-state index contributed by atoms with van der Waals surface area (Å²) in [6, 6.07) is 6.49. The number of nitriles is 1. The molecule has 0 radical (unpaired) electrons. The number of carbonyl (C=O) groups is 1. The molecule has 1 N–H and O–H groups in total. The summed E-state index contributed by atoms with van der Waals surface area (Å²) >= 11 is 0. The number of hydrogen-bond acceptors (Lipinski definition) is 3. The Morgan fingerprint density at radius 1 is 1.48 bits per heavy atom. The second-order valence-electron chi connectivity index (χ2n) is 5.47. The molecule has 1 saturated heterocycles. The Hall–Kier alpha value is -1.93. The van der Waals surface area contributed by atoms with Gasteiger partial charge in [0.2, 0.25) is 0 Å². The standard InChI is InChI=1S/C16H19FN2O2/c17-14-5-4-12(10-18)13(9-14)11-19-8-2-1-3-15(19)6-7-16(20)21/h4-5,9,15H,1-3,6-8,11H2,(H,20,21). The molecule has 0 spiro atoms. The summed E-state index contributed by atoms with van der Waals surface area (Å²) in [5, 5.41) is 17.9. The number of benzene rings is 1. The molecule has 0 aromatic heterocycles. The van der Waals surface area contributed by atoms with E-state index in [-0.39, 0.29) is 18.3 Å². The van der Waals surface area contributed by atoms with Crippen LogP contribution >= 0.6 is 0 Å². The fraction of sp³-hybridized carbons (Fsp3) is 0.500. The first-order valence-corrected chi connectivity index (χ1v) is 7.24. The third-order valence-electron chi connectivity index (χ3n) is 4.00. The van der Waals surface area contributed by atoms with E-state index < -0.39 is 5.97 Å². The Labute approximate surface area is 123 Å². The maximum atomic E-state index is 13.4. The van der Waals surface area contributed by atoms with Crippen LogP contribution in [0, 0.1) is 17.1 Å². The first-order valence-electron chi connectivity index (χ1n) is 7.24. The molecule has 5 heteroatoms. The Kier molecular flexibility index (Phi) is 5.29. The summed E-state index contributed by atoms with van der Waals surface area (Å²) in [6.07, 6.45) is 3.86. The van der Waals surface area contributed by atoms with Crippen molar-refractivity contribution in [1.82, 2.24) is 4.90 Å². The van der Waals surface area contributed by atoms with Crippen molar-refractivity contribution >= 4 is 5.97 Å². The van der Waals surface area contributed by atoms with Gasteiger partial charge in [-0.05, 0) is 49.6 Å². The largest absolute Gasteiger partial charge is 0.481 e. The van der Waals surface area contributed by atoms with Crippen molar-refractivity contribution in [3.63, 3.8) is 0 Å². The minimum atomic E-state index is -0.788. The summed E-state index contributed by atoms with van der Waals surface area (Å²) in [4.78, 5) is 12.9. The van der Waals surface area contributed by atoms with Crippen LogP contribution in [0.1, 0.15) is 43.2 Å². The predicted octanol–water partition coefficient (Wildman–Crippen LogP) is 2.92. The van der Waals surface area contributed by atoms with Crippen molar-refractivity contribution in [2.24, 2.45) is 0 Å². The Balaban J connectivity index is 2.10. The zero-order chi connectivity index (χ0) is 15.2. The number of aliphatic carboxylic acids is 1. The number of nitrogens with zero attached hydrogens (tertiary/aromatic N) is 2. The van der Waals surface area contributed by atoms with Crippen LogP contribution in [0.2, 0.25) is 0 Å². The normalized spacial score (nSPS) is 19.1. The van der Waals surface area contributed by atoms with Crippen molar-refractivity contribution in [2.75, 3.05) is 6.54 Å². The number of hydrogen-bond donors (Lipinski definition) is 1. The van der Waals surface area contributed by atoms with Crippen LogP contribution in [0.25, 0.3) is 0 Å². The molecular formula is C16H19FN2O2. The fourth-order valence-corrected chi connectivity index (χ4v) is 2.91. The number of carboxylic acids is 1. The predicted molar refractivity (Wildman–Crippen MR) is 76.0 cm³/mol. The third kappa shape index (κ3) is 4.27. The van der Waals surface area contributed by atoms with E-state index in [1.165, 1.54) is 18.2 Å². The second kappa shape index (κ2) is 7.19. The highest BCUT2D eigenvalue weighted by Gasteiger charge is 2.23. The average Bonchev–Trinajstić information content (AvgIpc) is 2.46. The molecule has 0 amide bonds. The molecule has 0 bridgehead atoms. The number of piperidine rings is 1.